The first kappa shape index (κ1) is 27.8. The molecule has 0 saturated carbocycles. The predicted molar refractivity (Wildman–Crippen MR) is 206 cm³/mol. The van der Waals surface area contributed by atoms with Gasteiger partial charge in [0.25, 0.3) is 5.69 Å². The van der Waals surface area contributed by atoms with Crippen molar-refractivity contribution in [1.29, 1.82) is 0 Å². The summed E-state index contributed by atoms with van der Waals surface area (Å²) in [5, 5.41) is 21.0. The number of hydrogen-bond acceptors (Lipinski definition) is 3. The van der Waals surface area contributed by atoms with Crippen LogP contribution in [-0.4, -0.2) is 9.49 Å². The van der Waals surface area contributed by atoms with Crippen molar-refractivity contribution in [3.8, 4) is 27.9 Å². The average molecular weight is 647 g/mol. The Kier molecular flexibility index (Phi) is 6.01. The van der Waals surface area contributed by atoms with Crippen LogP contribution in [0.3, 0.4) is 0 Å². The van der Waals surface area contributed by atoms with Crippen LogP contribution in [0.1, 0.15) is 0 Å². The van der Waals surface area contributed by atoms with Crippen LogP contribution in [0.5, 0.6) is 0 Å². The van der Waals surface area contributed by atoms with Gasteiger partial charge in [0.05, 0.1) is 26.9 Å². The quantitative estimate of drug-likeness (QED) is 0.141. The van der Waals surface area contributed by atoms with Crippen molar-refractivity contribution in [2.75, 3.05) is 0 Å². The molecule has 0 fully saturated rings. The van der Waals surface area contributed by atoms with Crippen molar-refractivity contribution in [2.45, 2.75) is 0 Å². The molecule has 0 saturated heterocycles. The predicted octanol–water partition coefficient (Wildman–Crippen LogP) is 12.7. The highest BCUT2D eigenvalue weighted by molar-refractivity contribution is 7.26. The van der Waals surface area contributed by atoms with Crippen LogP contribution in [0.15, 0.2) is 158 Å². The average Bonchev–Trinajstić information content (AvgIpc) is 3.69. The summed E-state index contributed by atoms with van der Waals surface area (Å²) in [5.41, 5.74) is 7.47. The van der Waals surface area contributed by atoms with Crippen LogP contribution in [-0.2, 0) is 0 Å². The standard InChI is InChI=1S/C44H26N2O2S/c47-46(48)44-31-13-5-4-10-27(31)18-22-36(44)37-26-42-43(35-16-7-6-14-32(35)37)38-24-28(20-23-41(38)49-42)29-19-21-34-33-15-8-9-17-39(33)45(40(34)25-29)30-11-2-1-3-12-30/h1-26H. The van der Waals surface area contributed by atoms with Crippen molar-refractivity contribution in [3.05, 3.63) is 168 Å². The van der Waals surface area contributed by atoms with E-state index in [1.165, 1.54) is 37.3 Å². The molecule has 0 spiro atoms. The van der Waals surface area contributed by atoms with Crippen LogP contribution in [0.25, 0.3) is 91.5 Å². The molecule has 10 rings (SSSR count). The molecule has 230 valence electrons. The van der Waals surface area contributed by atoms with E-state index in [1.54, 1.807) is 11.3 Å². The van der Waals surface area contributed by atoms with E-state index in [2.05, 4.69) is 120 Å². The number of hydrogen-bond donors (Lipinski definition) is 0. The van der Waals surface area contributed by atoms with Gasteiger partial charge in [-0.05, 0) is 87.4 Å². The summed E-state index contributed by atoms with van der Waals surface area (Å²) in [6, 6.07) is 54.6. The lowest BCUT2D eigenvalue weighted by Gasteiger charge is -2.11. The van der Waals surface area contributed by atoms with Crippen LogP contribution in [0.2, 0.25) is 0 Å². The first-order valence-electron chi connectivity index (χ1n) is 16.3. The normalized spacial score (nSPS) is 11.8. The van der Waals surface area contributed by atoms with Gasteiger partial charge in [-0.3, -0.25) is 10.1 Å². The van der Waals surface area contributed by atoms with E-state index >= 15 is 0 Å². The Bertz CT molecular complexity index is 2970. The number of thiophene rings is 1. The Morgan fingerprint density at radius 2 is 1.16 bits per heavy atom. The second-order valence-corrected chi connectivity index (χ2v) is 13.6. The molecule has 2 aromatic heterocycles. The molecule has 5 heteroatoms. The second-order valence-electron chi connectivity index (χ2n) is 12.5. The molecule has 0 radical (unpaired) electrons. The van der Waals surface area contributed by atoms with E-state index < -0.39 is 0 Å². The molecule has 2 heterocycles. The lowest BCUT2D eigenvalue weighted by atomic mass is 9.92. The second kappa shape index (κ2) is 10.6. The van der Waals surface area contributed by atoms with Gasteiger partial charge in [0.15, 0.2) is 0 Å². The lowest BCUT2D eigenvalue weighted by Crippen LogP contribution is -1.94. The number of nitrogens with zero attached hydrogens (tertiary/aromatic N) is 2. The Morgan fingerprint density at radius 1 is 0.490 bits per heavy atom. The SMILES string of the molecule is O=[N+]([O-])c1c(-c2cc3sc4ccc(-c5ccc6c7ccccc7n(-c7ccccc7)c6c5)cc4c3c3ccccc23)ccc2ccccc12. The van der Waals surface area contributed by atoms with Crippen LogP contribution in [0.4, 0.5) is 5.69 Å². The Morgan fingerprint density at radius 3 is 2.00 bits per heavy atom. The fourth-order valence-corrected chi connectivity index (χ4v) is 8.86. The molecule has 0 atom stereocenters. The van der Waals surface area contributed by atoms with Gasteiger partial charge in [0.2, 0.25) is 0 Å². The molecule has 4 nitrogen and oxygen atoms in total. The number of nitro benzene ring substituents is 1. The van der Waals surface area contributed by atoms with Crippen LogP contribution in [0, 0.1) is 10.1 Å². The molecule has 0 aliphatic rings. The number of para-hydroxylation sites is 2. The summed E-state index contributed by atoms with van der Waals surface area (Å²) in [7, 11) is 0. The smallest absolute Gasteiger partial charge is 0.284 e. The molecular formula is C44H26N2O2S. The Balaban J connectivity index is 1.20. The van der Waals surface area contributed by atoms with Gasteiger partial charge in [-0.25, -0.2) is 0 Å². The monoisotopic (exact) mass is 646 g/mol. The van der Waals surface area contributed by atoms with Crippen molar-refractivity contribution in [1.82, 2.24) is 4.57 Å². The first-order valence-corrected chi connectivity index (χ1v) is 17.1. The molecule has 0 amide bonds. The highest BCUT2D eigenvalue weighted by Gasteiger charge is 2.23. The zero-order valence-corrected chi connectivity index (χ0v) is 26.9. The van der Waals surface area contributed by atoms with E-state index in [0.29, 0.717) is 10.9 Å². The summed E-state index contributed by atoms with van der Waals surface area (Å²) in [5.74, 6) is 0. The largest absolute Gasteiger partial charge is 0.309 e. The topological polar surface area (TPSA) is 48.1 Å². The molecule has 0 aliphatic heterocycles. The molecule has 49 heavy (non-hydrogen) atoms. The summed E-state index contributed by atoms with van der Waals surface area (Å²) >= 11 is 1.74. The molecule has 10 aromatic rings. The molecular weight excluding hydrogens is 621 g/mol. The fraction of sp³-hybridized carbons (Fsp3) is 0. The maximum absolute atomic E-state index is 12.6. The Labute approximate surface area is 284 Å². The number of benzene rings is 8. The van der Waals surface area contributed by atoms with E-state index in [1.807, 2.05) is 42.5 Å². The highest BCUT2D eigenvalue weighted by atomic mass is 32.1. The van der Waals surface area contributed by atoms with Gasteiger partial charge in [-0.1, -0.05) is 103 Å². The minimum atomic E-state index is -0.234. The van der Waals surface area contributed by atoms with Gasteiger partial charge in [0.1, 0.15) is 0 Å². The molecule has 0 N–H and O–H groups in total. The Hall–Kier alpha value is -6.30. The van der Waals surface area contributed by atoms with Gasteiger partial charge in [-0.15, -0.1) is 11.3 Å². The van der Waals surface area contributed by atoms with Crippen LogP contribution >= 0.6 is 11.3 Å². The first-order chi connectivity index (χ1) is 24.1. The molecule has 8 aromatic carbocycles. The summed E-state index contributed by atoms with van der Waals surface area (Å²) in [6.45, 7) is 0. The van der Waals surface area contributed by atoms with E-state index in [9.17, 15) is 10.1 Å². The third-order valence-corrected chi connectivity index (χ3v) is 11.0. The van der Waals surface area contributed by atoms with Gasteiger partial charge < -0.3 is 4.57 Å². The zero-order chi connectivity index (χ0) is 32.6. The van der Waals surface area contributed by atoms with Gasteiger partial charge in [0, 0.05) is 36.6 Å². The van der Waals surface area contributed by atoms with Gasteiger partial charge in [-0.2, -0.15) is 0 Å². The molecule has 0 unspecified atom stereocenters. The van der Waals surface area contributed by atoms with Crippen LogP contribution < -0.4 is 0 Å². The zero-order valence-electron chi connectivity index (χ0n) is 26.1. The minimum Gasteiger partial charge on any atom is -0.309 e. The highest BCUT2D eigenvalue weighted by Crippen LogP contribution is 2.46. The van der Waals surface area contributed by atoms with E-state index in [0.717, 1.165) is 43.2 Å². The van der Waals surface area contributed by atoms with Crippen molar-refractivity contribution >= 4 is 80.5 Å². The summed E-state index contributed by atoms with van der Waals surface area (Å²) in [4.78, 5) is 12.3. The third kappa shape index (κ3) is 4.16. The van der Waals surface area contributed by atoms with E-state index in [4.69, 9.17) is 0 Å². The number of rotatable bonds is 4. The van der Waals surface area contributed by atoms with Crippen molar-refractivity contribution < 1.29 is 4.92 Å². The minimum absolute atomic E-state index is 0.148. The number of aromatic nitrogens is 1. The summed E-state index contributed by atoms with van der Waals surface area (Å²) in [6.07, 6.45) is 0. The lowest BCUT2D eigenvalue weighted by molar-refractivity contribution is -0.382. The van der Waals surface area contributed by atoms with Crippen molar-refractivity contribution in [3.63, 3.8) is 0 Å². The fourth-order valence-electron chi connectivity index (χ4n) is 7.72. The third-order valence-electron chi connectivity index (χ3n) is 9.87. The van der Waals surface area contributed by atoms with Gasteiger partial charge >= 0.3 is 0 Å². The molecule has 0 bridgehead atoms. The number of fused-ring (bicyclic) bond motifs is 9. The van der Waals surface area contributed by atoms with E-state index in [-0.39, 0.29) is 10.6 Å². The number of nitro groups is 1. The molecule has 0 aliphatic carbocycles. The summed E-state index contributed by atoms with van der Waals surface area (Å²) < 4.78 is 4.66. The van der Waals surface area contributed by atoms with Crippen molar-refractivity contribution in [2.24, 2.45) is 0 Å². The maximum Gasteiger partial charge on any atom is 0.284 e. The maximum atomic E-state index is 12.6.